The molecule has 29 heavy (non-hydrogen) atoms. The molecule has 0 fully saturated rings. The molecule has 2 aromatic rings. The van der Waals surface area contributed by atoms with Gasteiger partial charge in [0, 0.05) is 24.0 Å². The van der Waals surface area contributed by atoms with E-state index in [1.165, 1.54) is 6.07 Å². The first-order valence-corrected chi connectivity index (χ1v) is 8.58. The van der Waals surface area contributed by atoms with Gasteiger partial charge in [-0.25, -0.2) is 4.98 Å². The molecule has 1 aromatic carbocycles. The fraction of sp³-hybridized carbons (Fsp3) is 0.368. The van der Waals surface area contributed by atoms with E-state index in [4.69, 9.17) is 10.00 Å². The van der Waals surface area contributed by atoms with Crippen molar-refractivity contribution >= 4 is 5.69 Å². The molecule has 154 valence electrons. The van der Waals surface area contributed by atoms with E-state index in [1.807, 2.05) is 0 Å². The van der Waals surface area contributed by atoms with Crippen molar-refractivity contribution in [3.05, 3.63) is 52.7 Å². The molecule has 0 spiro atoms. The van der Waals surface area contributed by atoms with Crippen molar-refractivity contribution in [1.29, 1.82) is 5.26 Å². The second-order valence-electron chi connectivity index (χ2n) is 6.57. The predicted octanol–water partition coefficient (Wildman–Crippen LogP) is 4.82. The number of nitrogens with zero attached hydrogens (tertiary/aromatic N) is 3. The van der Waals surface area contributed by atoms with E-state index in [0.717, 1.165) is 18.2 Å². The SMILES string of the molecule is CC1Cc2c(ccc(C#N)c2C(F)(F)F)N1CCOc1ccc(C(F)(F)F)cn1. The fourth-order valence-corrected chi connectivity index (χ4v) is 3.40. The van der Waals surface area contributed by atoms with Gasteiger partial charge in [0.2, 0.25) is 5.88 Å². The monoisotopic (exact) mass is 415 g/mol. The van der Waals surface area contributed by atoms with Gasteiger partial charge in [-0.3, -0.25) is 0 Å². The van der Waals surface area contributed by atoms with Crippen LogP contribution < -0.4 is 9.64 Å². The topological polar surface area (TPSA) is 49.2 Å². The van der Waals surface area contributed by atoms with Gasteiger partial charge < -0.3 is 9.64 Å². The minimum Gasteiger partial charge on any atom is -0.476 e. The van der Waals surface area contributed by atoms with Gasteiger partial charge in [0.05, 0.1) is 29.3 Å². The van der Waals surface area contributed by atoms with Crippen LogP contribution in [0.1, 0.15) is 29.2 Å². The lowest BCUT2D eigenvalue weighted by molar-refractivity contribution is -0.138. The molecule has 2 heterocycles. The maximum Gasteiger partial charge on any atom is 0.418 e. The Balaban J connectivity index is 1.74. The molecular weight excluding hydrogens is 400 g/mol. The molecule has 3 rings (SSSR count). The number of ether oxygens (including phenoxy) is 1. The Labute approximate surface area is 162 Å². The number of pyridine rings is 1. The van der Waals surface area contributed by atoms with E-state index in [-0.39, 0.29) is 37.1 Å². The number of fused-ring (bicyclic) bond motifs is 1. The predicted molar refractivity (Wildman–Crippen MR) is 91.4 cm³/mol. The molecule has 0 aliphatic carbocycles. The summed E-state index contributed by atoms with van der Waals surface area (Å²) in [6.45, 7) is 1.98. The summed E-state index contributed by atoms with van der Waals surface area (Å²) in [5.74, 6) is -0.0131. The maximum absolute atomic E-state index is 13.5. The first-order valence-electron chi connectivity index (χ1n) is 8.58. The van der Waals surface area contributed by atoms with Crippen LogP contribution in [0.15, 0.2) is 30.5 Å². The minimum atomic E-state index is -4.65. The number of benzene rings is 1. The number of rotatable bonds is 4. The van der Waals surface area contributed by atoms with Crippen molar-refractivity contribution in [3.63, 3.8) is 0 Å². The number of halogens is 6. The van der Waals surface area contributed by atoms with Gasteiger partial charge in [0.1, 0.15) is 6.61 Å². The van der Waals surface area contributed by atoms with Gasteiger partial charge in [0.25, 0.3) is 0 Å². The molecule has 4 nitrogen and oxygen atoms in total. The van der Waals surface area contributed by atoms with Crippen molar-refractivity contribution in [3.8, 4) is 11.9 Å². The van der Waals surface area contributed by atoms with Crippen molar-refractivity contribution in [1.82, 2.24) is 4.98 Å². The first kappa shape index (κ1) is 20.8. The van der Waals surface area contributed by atoms with E-state index in [2.05, 4.69) is 4.98 Å². The zero-order valence-corrected chi connectivity index (χ0v) is 15.1. The molecule has 1 aromatic heterocycles. The summed E-state index contributed by atoms with van der Waals surface area (Å²) in [6.07, 6.45) is -8.37. The number of anilines is 1. The Bertz CT molecular complexity index is 931. The molecule has 0 N–H and O–H groups in total. The highest BCUT2D eigenvalue weighted by Crippen LogP contribution is 2.43. The minimum absolute atomic E-state index is 0.0131. The molecule has 10 heteroatoms. The van der Waals surface area contributed by atoms with Gasteiger partial charge >= 0.3 is 12.4 Å². The lowest BCUT2D eigenvalue weighted by Gasteiger charge is -2.25. The van der Waals surface area contributed by atoms with Crippen LogP contribution >= 0.6 is 0 Å². The molecule has 0 bridgehead atoms. The van der Waals surface area contributed by atoms with Gasteiger partial charge in [-0.1, -0.05) is 0 Å². The average Bonchev–Trinajstić information content (AvgIpc) is 2.95. The molecule has 1 aliphatic rings. The van der Waals surface area contributed by atoms with Gasteiger partial charge in [-0.05, 0) is 37.1 Å². The lowest BCUT2D eigenvalue weighted by atomic mass is 9.98. The number of aromatic nitrogens is 1. The van der Waals surface area contributed by atoms with E-state index >= 15 is 0 Å². The van der Waals surface area contributed by atoms with Crippen LogP contribution in [0, 0.1) is 11.3 Å². The molecule has 1 atom stereocenters. The van der Waals surface area contributed by atoms with Crippen molar-refractivity contribution < 1.29 is 31.1 Å². The number of nitriles is 1. The summed E-state index contributed by atoms with van der Waals surface area (Å²) in [7, 11) is 0. The van der Waals surface area contributed by atoms with Crippen molar-refractivity contribution in [2.24, 2.45) is 0 Å². The Morgan fingerprint density at radius 1 is 1.14 bits per heavy atom. The third kappa shape index (κ3) is 4.23. The largest absolute Gasteiger partial charge is 0.476 e. The molecule has 1 aliphatic heterocycles. The van der Waals surface area contributed by atoms with E-state index in [0.29, 0.717) is 11.9 Å². The van der Waals surface area contributed by atoms with Crippen LogP contribution in [0.4, 0.5) is 32.0 Å². The lowest BCUT2D eigenvalue weighted by Crippen LogP contribution is -2.33. The highest BCUT2D eigenvalue weighted by Gasteiger charge is 2.41. The molecule has 1 unspecified atom stereocenters. The van der Waals surface area contributed by atoms with Crippen LogP contribution in [0.25, 0.3) is 0 Å². The van der Waals surface area contributed by atoms with E-state index < -0.39 is 29.0 Å². The second-order valence-corrected chi connectivity index (χ2v) is 6.57. The van der Waals surface area contributed by atoms with Gasteiger partial charge in [0.15, 0.2) is 0 Å². The smallest absolute Gasteiger partial charge is 0.418 e. The van der Waals surface area contributed by atoms with E-state index in [1.54, 1.807) is 17.9 Å². The normalized spacial score (nSPS) is 16.5. The Kier molecular flexibility index (Phi) is 5.34. The number of alkyl halides is 6. The van der Waals surface area contributed by atoms with Crippen LogP contribution in [-0.2, 0) is 18.8 Å². The maximum atomic E-state index is 13.5. The number of hydrogen-bond donors (Lipinski definition) is 0. The molecule has 0 saturated carbocycles. The van der Waals surface area contributed by atoms with Crippen molar-refractivity contribution in [2.45, 2.75) is 31.7 Å². The third-order valence-corrected chi connectivity index (χ3v) is 4.68. The standard InChI is InChI=1S/C19H15F6N3O/c1-11-8-14-15(4-2-12(9-26)17(14)19(23,24)25)28(11)6-7-29-16-5-3-13(10-27-16)18(20,21)22/h2-5,10-11H,6-8H2,1H3. The Morgan fingerprint density at radius 2 is 1.86 bits per heavy atom. The van der Waals surface area contributed by atoms with Crippen molar-refractivity contribution in [2.75, 3.05) is 18.1 Å². The summed E-state index contributed by atoms with van der Waals surface area (Å²) >= 11 is 0. The fourth-order valence-electron chi connectivity index (χ4n) is 3.40. The third-order valence-electron chi connectivity index (χ3n) is 4.68. The summed E-state index contributed by atoms with van der Waals surface area (Å²) in [4.78, 5) is 5.31. The molecular formula is C19H15F6N3O. The Hall–Kier alpha value is -2.96. The average molecular weight is 415 g/mol. The zero-order chi connectivity index (χ0) is 21.4. The van der Waals surface area contributed by atoms with Crippen LogP contribution in [0.2, 0.25) is 0 Å². The van der Waals surface area contributed by atoms with Crippen LogP contribution in [0.5, 0.6) is 5.88 Å². The van der Waals surface area contributed by atoms with Gasteiger partial charge in [-0.15, -0.1) is 0 Å². The summed E-state index contributed by atoms with van der Waals surface area (Å²) in [6, 6.07) is 5.88. The molecule has 0 amide bonds. The van der Waals surface area contributed by atoms with Crippen LogP contribution in [0.3, 0.4) is 0 Å². The summed E-state index contributed by atoms with van der Waals surface area (Å²) in [5, 5.41) is 9.02. The van der Waals surface area contributed by atoms with Gasteiger partial charge in [-0.2, -0.15) is 31.6 Å². The quantitative estimate of drug-likeness (QED) is 0.672. The van der Waals surface area contributed by atoms with E-state index in [9.17, 15) is 26.3 Å². The molecule has 0 radical (unpaired) electrons. The Morgan fingerprint density at radius 3 is 2.41 bits per heavy atom. The molecule has 0 saturated heterocycles. The summed E-state index contributed by atoms with van der Waals surface area (Å²) in [5.41, 5.74) is -1.81. The highest BCUT2D eigenvalue weighted by atomic mass is 19.4. The number of hydrogen-bond acceptors (Lipinski definition) is 4. The highest BCUT2D eigenvalue weighted by molar-refractivity contribution is 5.66. The second kappa shape index (κ2) is 7.46. The van der Waals surface area contributed by atoms with Crippen LogP contribution in [-0.4, -0.2) is 24.2 Å². The first-order chi connectivity index (χ1) is 13.5. The zero-order valence-electron chi connectivity index (χ0n) is 15.1. The summed E-state index contributed by atoms with van der Waals surface area (Å²) < 4.78 is 83.3.